The lowest BCUT2D eigenvalue weighted by Crippen LogP contribution is -2.31. The number of nitrogens with zero attached hydrogens (tertiary/aromatic N) is 1. The average molecular weight is 314 g/mol. The summed E-state index contributed by atoms with van der Waals surface area (Å²) in [5, 5.41) is 5.43. The van der Waals surface area contributed by atoms with E-state index in [0.717, 1.165) is 6.42 Å². The number of amides is 2. The summed E-state index contributed by atoms with van der Waals surface area (Å²) in [4.78, 5) is 26.9. The monoisotopic (exact) mass is 313 g/mol. The van der Waals surface area contributed by atoms with Crippen LogP contribution in [0, 0.1) is 0 Å². The molecule has 1 heterocycles. The molecule has 6 heteroatoms. The molecular formula is C12H16BrN3O2. The Hall–Kier alpha value is -1.43. The van der Waals surface area contributed by atoms with Gasteiger partial charge in [-0.3, -0.25) is 9.59 Å². The van der Waals surface area contributed by atoms with E-state index in [4.69, 9.17) is 0 Å². The normalized spacial score (nSPS) is 9.89. The average Bonchev–Trinajstić information content (AvgIpc) is 2.36. The fourth-order valence-electron chi connectivity index (χ4n) is 1.29. The number of rotatable bonds is 6. The minimum absolute atomic E-state index is 0.0481. The van der Waals surface area contributed by atoms with E-state index in [2.05, 4.69) is 31.5 Å². The van der Waals surface area contributed by atoms with E-state index < -0.39 is 0 Å². The van der Waals surface area contributed by atoms with E-state index in [1.54, 1.807) is 18.3 Å². The van der Waals surface area contributed by atoms with E-state index in [1.165, 1.54) is 0 Å². The van der Waals surface area contributed by atoms with E-state index in [9.17, 15) is 9.59 Å². The molecule has 1 aromatic rings. The highest BCUT2D eigenvalue weighted by atomic mass is 79.9. The van der Waals surface area contributed by atoms with Crippen molar-refractivity contribution in [1.29, 1.82) is 0 Å². The summed E-state index contributed by atoms with van der Waals surface area (Å²) < 4.78 is 0.607. The highest BCUT2D eigenvalue weighted by molar-refractivity contribution is 9.10. The summed E-state index contributed by atoms with van der Waals surface area (Å²) in [5.41, 5.74) is 0.519. The van der Waals surface area contributed by atoms with Crippen LogP contribution < -0.4 is 10.6 Å². The van der Waals surface area contributed by atoms with Crippen LogP contribution in [0.1, 0.15) is 30.1 Å². The van der Waals surface area contributed by atoms with Gasteiger partial charge in [-0.25, -0.2) is 4.98 Å². The van der Waals surface area contributed by atoms with Gasteiger partial charge in [-0.2, -0.15) is 0 Å². The van der Waals surface area contributed by atoms with Crippen molar-refractivity contribution < 1.29 is 9.59 Å². The van der Waals surface area contributed by atoms with E-state index >= 15 is 0 Å². The third-order valence-electron chi connectivity index (χ3n) is 2.20. The molecule has 0 aliphatic heterocycles. The van der Waals surface area contributed by atoms with Crippen molar-refractivity contribution in [2.75, 3.05) is 13.1 Å². The SMILES string of the molecule is CCCNC(=O)CCNC(=O)c1ccnc(Br)c1. The van der Waals surface area contributed by atoms with Crippen LogP contribution in [-0.2, 0) is 4.79 Å². The first-order valence-corrected chi connectivity index (χ1v) is 6.59. The molecule has 0 aliphatic rings. The molecule has 0 radical (unpaired) electrons. The molecule has 5 nitrogen and oxygen atoms in total. The second-order valence-corrected chi connectivity index (χ2v) is 4.54. The minimum Gasteiger partial charge on any atom is -0.356 e. The molecule has 1 rings (SSSR count). The Morgan fingerprint density at radius 3 is 2.78 bits per heavy atom. The maximum absolute atomic E-state index is 11.7. The van der Waals surface area contributed by atoms with Gasteiger partial charge in [-0.15, -0.1) is 0 Å². The molecule has 98 valence electrons. The van der Waals surface area contributed by atoms with Crippen molar-refractivity contribution in [3.63, 3.8) is 0 Å². The molecule has 0 saturated heterocycles. The van der Waals surface area contributed by atoms with Crippen molar-refractivity contribution in [3.05, 3.63) is 28.5 Å². The van der Waals surface area contributed by atoms with Crippen LogP contribution in [0.25, 0.3) is 0 Å². The van der Waals surface area contributed by atoms with Gasteiger partial charge >= 0.3 is 0 Å². The van der Waals surface area contributed by atoms with Crippen molar-refractivity contribution >= 4 is 27.7 Å². The lowest BCUT2D eigenvalue weighted by molar-refractivity contribution is -0.120. The number of hydrogen-bond donors (Lipinski definition) is 2. The molecule has 0 aromatic carbocycles. The summed E-state index contributed by atoms with van der Waals surface area (Å²) in [7, 11) is 0. The van der Waals surface area contributed by atoms with E-state index in [0.29, 0.717) is 23.3 Å². The van der Waals surface area contributed by atoms with Gasteiger partial charge in [0.25, 0.3) is 5.91 Å². The Bertz CT molecular complexity index is 424. The second-order valence-electron chi connectivity index (χ2n) is 3.72. The van der Waals surface area contributed by atoms with Crippen LogP contribution >= 0.6 is 15.9 Å². The second kappa shape index (κ2) is 7.81. The van der Waals surface area contributed by atoms with E-state index in [1.807, 2.05) is 6.92 Å². The van der Waals surface area contributed by atoms with Gasteiger partial charge in [0, 0.05) is 31.3 Å². The van der Waals surface area contributed by atoms with E-state index in [-0.39, 0.29) is 18.2 Å². The zero-order chi connectivity index (χ0) is 13.4. The lowest BCUT2D eigenvalue weighted by atomic mass is 10.2. The number of pyridine rings is 1. The predicted molar refractivity (Wildman–Crippen MR) is 72.2 cm³/mol. The lowest BCUT2D eigenvalue weighted by Gasteiger charge is -2.06. The number of nitrogens with one attached hydrogen (secondary N) is 2. The number of carbonyl (C=O) groups is 2. The third-order valence-corrected chi connectivity index (χ3v) is 2.63. The van der Waals surface area contributed by atoms with Crippen LogP contribution in [0.2, 0.25) is 0 Å². The van der Waals surface area contributed by atoms with Crippen molar-refractivity contribution in [2.24, 2.45) is 0 Å². The Morgan fingerprint density at radius 2 is 2.11 bits per heavy atom. The molecule has 2 amide bonds. The molecule has 0 aliphatic carbocycles. The summed E-state index contributed by atoms with van der Waals surface area (Å²) in [5.74, 6) is -0.255. The molecule has 2 N–H and O–H groups in total. The highest BCUT2D eigenvalue weighted by Crippen LogP contribution is 2.07. The van der Waals surface area contributed by atoms with Crippen LogP contribution in [0.15, 0.2) is 22.9 Å². The molecule has 0 atom stereocenters. The first-order chi connectivity index (χ1) is 8.63. The quantitative estimate of drug-likeness (QED) is 0.782. The van der Waals surface area contributed by atoms with Crippen molar-refractivity contribution in [2.45, 2.75) is 19.8 Å². The topological polar surface area (TPSA) is 71.1 Å². The Kier molecular flexibility index (Phi) is 6.35. The fraction of sp³-hybridized carbons (Fsp3) is 0.417. The number of aromatic nitrogens is 1. The number of carbonyl (C=O) groups excluding carboxylic acids is 2. The Labute approximate surface area is 114 Å². The smallest absolute Gasteiger partial charge is 0.251 e. The molecule has 18 heavy (non-hydrogen) atoms. The molecule has 0 fully saturated rings. The Morgan fingerprint density at radius 1 is 1.33 bits per heavy atom. The van der Waals surface area contributed by atoms with Gasteiger partial charge in [0.1, 0.15) is 4.60 Å². The van der Waals surface area contributed by atoms with Crippen molar-refractivity contribution in [3.8, 4) is 0 Å². The summed E-state index contributed by atoms with van der Waals surface area (Å²) in [6.45, 7) is 2.99. The maximum atomic E-state index is 11.7. The van der Waals surface area contributed by atoms with Gasteiger partial charge in [0.05, 0.1) is 0 Å². The van der Waals surface area contributed by atoms with Gasteiger partial charge in [0.2, 0.25) is 5.91 Å². The van der Waals surface area contributed by atoms with Crippen LogP contribution in [-0.4, -0.2) is 29.9 Å². The summed E-state index contributed by atoms with van der Waals surface area (Å²) >= 11 is 3.20. The van der Waals surface area contributed by atoms with Gasteiger partial charge in [0.15, 0.2) is 0 Å². The zero-order valence-corrected chi connectivity index (χ0v) is 11.8. The van der Waals surface area contributed by atoms with Crippen LogP contribution in [0.4, 0.5) is 0 Å². The third kappa shape index (κ3) is 5.27. The first-order valence-electron chi connectivity index (χ1n) is 5.80. The summed E-state index contributed by atoms with van der Waals surface area (Å²) in [6, 6.07) is 3.25. The molecule has 1 aromatic heterocycles. The predicted octanol–water partition coefficient (Wildman–Crippen LogP) is 1.49. The minimum atomic E-state index is -0.207. The van der Waals surface area contributed by atoms with Crippen LogP contribution in [0.5, 0.6) is 0 Å². The highest BCUT2D eigenvalue weighted by Gasteiger charge is 2.06. The molecule has 0 unspecified atom stereocenters. The maximum Gasteiger partial charge on any atom is 0.251 e. The molecule has 0 bridgehead atoms. The van der Waals surface area contributed by atoms with Gasteiger partial charge in [-0.1, -0.05) is 6.92 Å². The number of hydrogen-bond acceptors (Lipinski definition) is 3. The Balaban J connectivity index is 2.31. The molecule has 0 saturated carbocycles. The van der Waals surface area contributed by atoms with Crippen molar-refractivity contribution in [1.82, 2.24) is 15.6 Å². The fourth-order valence-corrected chi connectivity index (χ4v) is 1.65. The molecular weight excluding hydrogens is 298 g/mol. The molecule has 0 spiro atoms. The summed E-state index contributed by atoms with van der Waals surface area (Å²) in [6.07, 6.45) is 2.74. The van der Waals surface area contributed by atoms with Gasteiger partial charge < -0.3 is 10.6 Å². The number of halogens is 1. The van der Waals surface area contributed by atoms with Gasteiger partial charge in [-0.05, 0) is 34.5 Å². The first kappa shape index (κ1) is 14.6. The zero-order valence-electron chi connectivity index (χ0n) is 10.2. The van der Waals surface area contributed by atoms with Crippen LogP contribution in [0.3, 0.4) is 0 Å². The standard InChI is InChI=1S/C12H16BrN3O2/c1-2-5-15-11(17)4-7-16-12(18)9-3-6-14-10(13)8-9/h3,6,8H,2,4-5,7H2,1H3,(H,15,17)(H,16,18). The largest absolute Gasteiger partial charge is 0.356 e.